The van der Waals surface area contributed by atoms with Crippen molar-refractivity contribution < 1.29 is 0 Å². The van der Waals surface area contributed by atoms with Crippen LogP contribution in [0.1, 0.15) is 18.9 Å². The summed E-state index contributed by atoms with van der Waals surface area (Å²) in [5.41, 5.74) is 2.14. The molecule has 0 bridgehead atoms. The zero-order valence-electron chi connectivity index (χ0n) is 12.3. The van der Waals surface area contributed by atoms with E-state index in [1.165, 1.54) is 5.56 Å². The number of thiocarbonyl (C=S) groups is 1. The summed E-state index contributed by atoms with van der Waals surface area (Å²) in [4.78, 5) is 0. The van der Waals surface area contributed by atoms with E-state index in [9.17, 15) is 0 Å². The molecule has 116 valence electrons. The Kier molecular flexibility index (Phi) is 6.68. The second-order valence-electron chi connectivity index (χ2n) is 5.15. The SMILES string of the molecule is CC(CCc1ccccc1)NC(=S)Nc1ccc(Br)cc1Cl. The zero-order chi connectivity index (χ0) is 15.9. The Labute approximate surface area is 150 Å². The van der Waals surface area contributed by atoms with E-state index >= 15 is 0 Å². The van der Waals surface area contributed by atoms with Crippen molar-refractivity contribution in [1.29, 1.82) is 0 Å². The number of rotatable bonds is 5. The first kappa shape index (κ1) is 17.3. The molecule has 1 unspecified atom stereocenters. The van der Waals surface area contributed by atoms with Gasteiger partial charge in [-0.05, 0) is 55.7 Å². The van der Waals surface area contributed by atoms with Gasteiger partial charge in [-0.15, -0.1) is 0 Å². The van der Waals surface area contributed by atoms with Crippen molar-refractivity contribution in [3.63, 3.8) is 0 Å². The molecule has 1 atom stereocenters. The van der Waals surface area contributed by atoms with Gasteiger partial charge in [0.25, 0.3) is 0 Å². The Hall–Kier alpha value is -1.10. The molecule has 0 aromatic heterocycles. The summed E-state index contributed by atoms with van der Waals surface area (Å²) in [6.07, 6.45) is 2.04. The van der Waals surface area contributed by atoms with Gasteiger partial charge in [-0.3, -0.25) is 0 Å². The summed E-state index contributed by atoms with van der Waals surface area (Å²) in [6, 6.07) is 16.4. The van der Waals surface area contributed by atoms with Crippen LogP contribution >= 0.6 is 39.7 Å². The van der Waals surface area contributed by atoms with Crippen LogP contribution in [0.3, 0.4) is 0 Å². The minimum absolute atomic E-state index is 0.287. The number of aryl methyl sites for hydroxylation is 1. The molecule has 2 nitrogen and oxygen atoms in total. The minimum Gasteiger partial charge on any atom is -0.360 e. The van der Waals surface area contributed by atoms with E-state index in [1.54, 1.807) is 0 Å². The Balaban J connectivity index is 1.81. The lowest BCUT2D eigenvalue weighted by Gasteiger charge is -2.17. The van der Waals surface area contributed by atoms with Gasteiger partial charge in [0.1, 0.15) is 0 Å². The fraction of sp³-hybridized carbons (Fsp3) is 0.235. The van der Waals surface area contributed by atoms with E-state index in [0.29, 0.717) is 10.1 Å². The standard InChI is InChI=1S/C17H18BrClN2S/c1-12(7-8-13-5-3-2-4-6-13)20-17(22)21-16-10-9-14(18)11-15(16)19/h2-6,9-12H,7-8H2,1H3,(H2,20,21,22). The smallest absolute Gasteiger partial charge is 0.171 e. The van der Waals surface area contributed by atoms with Gasteiger partial charge < -0.3 is 10.6 Å². The number of nitrogens with one attached hydrogen (secondary N) is 2. The fourth-order valence-electron chi connectivity index (χ4n) is 2.07. The highest BCUT2D eigenvalue weighted by Crippen LogP contribution is 2.25. The maximum absolute atomic E-state index is 6.17. The number of hydrogen-bond donors (Lipinski definition) is 2. The molecule has 0 amide bonds. The van der Waals surface area contributed by atoms with Gasteiger partial charge in [-0.25, -0.2) is 0 Å². The van der Waals surface area contributed by atoms with E-state index < -0.39 is 0 Å². The van der Waals surface area contributed by atoms with E-state index in [4.69, 9.17) is 23.8 Å². The first-order valence-corrected chi connectivity index (χ1v) is 8.69. The number of halogens is 2. The molecule has 0 fully saturated rings. The quantitative estimate of drug-likeness (QED) is 0.660. The highest BCUT2D eigenvalue weighted by Gasteiger charge is 2.07. The van der Waals surface area contributed by atoms with Crippen molar-refractivity contribution in [2.45, 2.75) is 25.8 Å². The van der Waals surface area contributed by atoms with Gasteiger partial charge in [0.05, 0.1) is 10.7 Å². The van der Waals surface area contributed by atoms with Gasteiger partial charge in [0, 0.05) is 10.5 Å². The van der Waals surface area contributed by atoms with Gasteiger partial charge >= 0.3 is 0 Å². The second-order valence-corrected chi connectivity index (χ2v) is 6.88. The van der Waals surface area contributed by atoms with Gasteiger partial charge in [0.15, 0.2) is 5.11 Å². The molecule has 5 heteroatoms. The molecule has 0 heterocycles. The molecule has 0 spiro atoms. The number of hydrogen-bond acceptors (Lipinski definition) is 1. The van der Waals surface area contributed by atoms with Crippen molar-refractivity contribution in [3.05, 3.63) is 63.6 Å². The molecule has 22 heavy (non-hydrogen) atoms. The number of benzene rings is 2. The van der Waals surface area contributed by atoms with Crippen molar-refractivity contribution in [1.82, 2.24) is 5.32 Å². The largest absolute Gasteiger partial charge is 0.360 e. The Bertz CT molecular complexity index is 634. The molecule has 0 saturated carbocycles. The van der Waals surface area contributed by atoms with Crippen molar-refractivity contribution >= 4 is 50.5 Å². The zero-order valence-corrected chi connectivity index (χ0v) is 15.4. The highest BCUT2D eigenvalue weighted by atomic mass is 79.9. The Morgan fingerprint density at radius 2 is 1.95 bits per heavy atom. The Morgan fingerprint density at radius 3 is 2.64 bits per heavy atom. The maximum Gasteiger partial charge on any atom is 0.171 e. The van der Waals surface area contributed by atoms with E-state index in [-0.39, 0.29) is 6.04 Å². The molecule has 0 aliphatic rings. The van der Waals surface area contributed by atoms with E-state index in [1.807, 2.05) is 24.3 Å². The van der Waals surface area contributed by atoms with Crippen LogP contribution in [0.2, 0.25) is 5.02 Å². The predicted molar refractivity (Wildman–Crippen MR) is 103 cm³/mol. The first-order chi connectivity index (χ1) is 10.5. The minimum atomic E-state index is 0.287. The summed E-state index contributed by atoms with van der Waals surface area (Å²) >= 11 is 14.9. The predicted octanol–water partition coefficient (Wildman–Crippen LogP) is 5.41. The summed E-state index contributed by atoms with van der Waals surface area (Å²) in [5, 5.41) is 7.65. The average molecular weight is 398 g/mol. The average Bonchev–Trinajstić information content (AvgIpc) is 2.49. The van der Waals surface area contributed by atoms with Crippen LogP contribution in [0.5, 0.6) is 0 Å². The summed E-state index contributed by atoms with van der Waals surface area (Å²) in [6.45, 7) is 2.13. The molecule has 0 aliphatic carbocycles. The Morgan fingerprint density at radius 1 is 1.23 bits per heavy atom. The van der Waals surface area contributed by atoms with Crippen LogP contribution in [0.4, 0.5) is 5.69 Å². The van der Waals surface area contributed by atoms with Crippen LogP contribution < -0.4 is 10.6 Å². The summed E-state index contributed by atoms with van der Waals surface area (Å²) in [5.74, 6) is 0. The topological polar surface area (TPSA) is 24.1 Å². The lowest BCUT2D eigenvalue weighted by Crippen LogP contribution is -2.36. The molecule has 2 aromatic rings. The van der Waals surface area contributed by atoms with Crippen LogP contribution in [-0.2, 0) is 6.42 Å². The van der Waals surface area contributed by atoms with Gasteiger partial charge in [0.2, 0.25) is 0 Å². The fourth-order valence-corrected chi connectivity index (χ4v) is 3.10. The third kappa shape index (κ3) is 5.59. The van der Waals surface area contributed by atoms with Crippen molar-refractivity contribution in [2.75, 3.05) is 5.32 Å². The lowest BCUT2D eigenvalue weighted by atomic mass is 10.1. The summed E-state index contributed by atoms with van der Waals surface area (Å²) < 4.78 is 0.943. The molecule has 2 rings (SSSR count). The van der Waals surface area contributed by atoms with E-state index in [2.05, 4.69) is 57.8 Å². The first-order valence-electron chi connectivity index (χ1n) is 7.11. The third-order valence-electron chi connectivity index (χ3n) is 3.27. The molecular weight excluding hydrogens is 380 g/mol. The van der Waals surface area contributed by atoms with Crippen molar-refractivity contribution in [2.24, 2.45) is 0 Å². The molecule has 0 aliphatic heterocycles. The molecule has 0 saturated heterocycles. The molecular formula is C17H18BrClN2S. The normalized spacial score (nSPS) is 11.8. The monoisotopic (exact) mass is 396 g/mol. The number of anilines is 1. The molecule has 0 radical (unpaired) electrons. The molecule has 2 aromatic carbocycles. The van der Waals surface area contributed by atoms with Gasteiger partial charge in [-0.2, -0.15) is 0 Å². The third-order valence-corrected chi connectivity index (χ3v) is 4.29. The summed E-state index contributed by atoms with van der Waals surface area (Å²) in [7, 11) is 0. The van der Waals surface area contributed by atoms with Gasteiger partial charge in [-0.1, -0.05) is 57.9 Å². The highest BCUT2D eigenvalue weighted by molar-refractivity contribution is 9.10. The second kappa shape index (κ2) is 8.51. The van der Waals surface area contributed by atoms with Crippen LogP contribution in [-0.4, -0.2) is 11.2 Å². The van der Waals surface area contributed by atoms with Crippen LogP contribution in [0.15, 0.2) is 53.0 Å². The van der Waals surface area contributed by atoms with Crippen LogP contribution in [0.25, 0.3) is 0 Å². The molecule has 2 N–H and O–H groups in total. The van der Waals surface area contributed by atoms with Crippen LogP contribution in [0, 0.1) is 0 Å². The van der Waals surface area contributed by atoms with E-state index in [0.717, 1.165) is 23.0 Å². The van der Waals surface area contributed by atoms with Crippen molar-refractivity contribution in [3.8, 4) is 0 Å². The lowest BCUT2D eigenvalue weighted by molar-refractivity contribution is 0.609. The maximum atomic E-state index is 6.17.